The van der Waals surface area contributed by atoms with E-state index in [2.05, 4.69) is 111 Å². The summed E-state index contributed by atoms with van der Waals surface area (Å²) < 4.78 is 16.8. The molecular weight excluding hydrogens is 629 g/mol. The summed E-state index contributed by atoms with van der Waals surface area (Å²) in [5, 5.41) is 7.09. The Bertz CT molecular complexity index is 2470. The van der Waals surface area contributed by atoms with Gasteiger partial charge in [-0.25, -0.2) is 9.67 Å². The van der Waals surface area contributed by atoms with E-state index in [-0.39, 0.29) is 0 Å². The van der Waals surface area contributed by atoms with Crippen LogP contribution in [0.1, 0.15) is 36.1 Å². The minimum absolute atomic E-state index is 0.538. The molecule has 3 aromatic heterocycles. The molecule has 3 heterocycles. The van der Waals surface area contributed by atoms with Crippen LogP contribution in [-0.2, 0) is 13.0 Å². The van der Waals surface area contributed by atoms with Gasteiger partial charge in [0.2, 0.25) is 0 Å². The highest BCUT2D eigenvalue weighted by atomic mass is 16.5. The van der Waals surface area contributed by atoms with Crippen LogP contribution < -0.4 is 9.47 Å². The molecule has 0 aliphatic rings. The number of aromatic nitrogens is 4. The minimum atomic E-state index is 0.538. The van der Waals surface area contributed by atoms with Gasteiger partial charge >= 0.3 is 0 Å². The van der Waals surface area contributed by atoms with Crippen LogP contribution in [0.15, 0.2) is 140 Å². The second kappa shape index (κ2) is 13.6. The van der Waals surface area contributed by atoms with Crippen LogP contribution in [0.5, 0.6) is 17.2 Å². The van der Waals surface area contributed by atoms with Crippen LogP contribution in [0, 0.1) is 19.8 Å². The lowest BCUT2D eigenvalue weighted by Gasteiger charge is -2.13. The normalized spacial score (nSPS) is 11.5. The van der Waals surface area contributed by atoms with Gasteiger partial charge in [0.05, 0.1) is 22.9 Å². The van der Waals surface area contributed by atoms with Crippen molar-refractivity contribution in [3.63, 3.8) is 0 Å². The zero-order chi connectivity index (χ0) is 34.9. The standard InChI is InChI=1S/C45H40N4O2/c1-30(2)21-34-19-20-46-44(24-34)49-42-16-9-8-15-40(42)41-18-17-38(26-43(41)49)51-37-14-10-13-36(25-37)48-28-35(27-47-48)45-31(3)22-39(23-32(45)4)50-29-33-11-6-5-7-12-33/h5-20,22-28,30H,21,29H2,1-4H3. The Hall–Kier alpha value is -6.14. The van der Waals surface area contributed by atoms with E-state index in [1.54, 1.807) is 0 Å². The van der Waals surface area contributed by atoms with Gasteiger partial charge < -0.3 is 9.47 Å². The first kappa shape index (κ1) is 32.1. The smallest absolute Gasteiger partial charge is 0.137 e. The molecule has 0 aliphatic heterocycles. The molecule has 0 aliphatic carbocycles. The van der Waals surface area contributed by atoms with Crippen molar-refractivity contribution in [2.24, 2.45) is 5.92 Å². The summed E-state index contributed by atoms with van der Waals surface area (Å²) in [6, 6.07) is 41.6. The van der Waals surface area contributed by atoms with Crippen LogP contribution >= 0.6 is 0 Å². The second-order valence-corrected chi connectivity index (χ2v) is 13.6. The van der Waals surface area contributed by atoms with E-state index in [0.29, 0.717) is 12.5 Å². The molecule has 0 fully saturated rings. The van der Waals surface area contributed by atoms with E-state index < -0.39 is 0 Å². The van der Waals surface area contributed by atoms with E-state index in [9.17, 15) is 0 Å². The molecule has 6 heteroatoms. The number of fused-ring (bicyclic) bond motifs is 3. The van der Waals surface area contributed by atoms with Crippen LogP contribution in [0.2, 0.25) is 0 Å². The average Bonchev–Trinajstić information content (AvgIpc) is 3.74. The SMILES string of the molecule is Cc1cc(OCc2ccccc2)cc(C)c1-c1cnn(-c2cccc(Oc3ccc4c5ccccc5n(-c5cc(CC(C)C)ccn5)c4c3)c2)c1. The molecule has 252 valence electrons. The summed E-state index contributed by atoms with van der Waals surface area (Å²) in [5.74, 6) is 3.82. The Morgan fingerprint density at radius 3 is 2.25 bits per heavy atom. The van der Waals surface area contributed by atoms with E-state index in [0.717, 1.165) is 79.4 Å². The Morgan fingerprint density at radius 2 is 1.43 bits per heavy atom. The number of pyridine rings is 1. The molecule has 0 saturated carbocycles. The van der Waals surface area contributed by atoms with Gasteiger partial charge in [0.15, 0.2) is 0 Å². The van der Waals surface area contributed by atoms with Crippen molar-refractivity contribution in [1.29, 1.82) is 0 Å². The summed E-state index contributed by atoms with van der Waals surface area (Å²) in [6.07, 6.45) is 6.92. The van der Waals surface area contributed by atoms with E-state index in [4.69, 9.17) is 19.6 Å². The number of hydrogen-bond acceptors (Lipinski definition) is 4. The number of ether oxygens (including phenoxy) is 2. The van der Waals surface area contributed by atoms with Crippen molar-refractivity contribution in [2.45, 2.75) is 40.7 Å². The molecule has 0 atom stereocenters. The molecule has 8 rings (SSSR count). The molecule has 5 aromatic carbocycles. The molecule has 6 nitrogen and oxygen atoms in total. The molecule has 0 bridgehead atoms. The van der Waals surface area contributed by atoms with Crippen LogP contribution in [0.4, 0.5) is 0 Å². The average molecular weight is 669 g/mol. The third-order valence-electron chi connectivity index (χ3n) is 9.27. The van der Waals surface area contributed by atoms with Crippen LogP contribution in [0.25, 0.3) is 44.4 Å². The number of para-hydroxylation sites is 1. The lowest BCUT2D eigenvalue weighted by atomic mass is 9.98. The molecular formula is C45H40N4O2. The highest BCUT2D eigenvalue weighted by molar-refractivity contribution is 6.09. The number of rotatable bonds is 10. The zero-order valence-electron chi connectivity index (χ0n) is 29.4. The van der Waals surface area contributed by atoms with Crippen molar-refractivity contribution in [1.82, 2.24) is 19.3 Å². The maximum absolute atomic E-state index is 6.52. The van der Waals surface area contributed by atoms with Crippen molar-refractivity contribution >= 4 is 21.8 Å². The number of benzene rings is 5. The van der Waals surface area contributed by atoms with E-state index in [1.165, 1.54) is 10.9 Å². The summed E-state index contributed by atoms with van der Waals surface area (Å²) in [4.78, 5) is 4.81. The van der Waals surface area contributed by atoms with Gasteiger partial charge in [-0.15, -0.1) is 0 Å². The number of aryl methyl sites for hydroxylation is 2. The molecule has 0 amide bonds. The summed E-state index contributed by atoms with van der Waals surface area (Å²) in [6.45, 7) is 9.27. The third-order valence-corrected chi connectivity index (χ3v) is 9.27. The number of hydrogen-bond donors (Lipinski definition) is 0. The molecule has 0 spiro atoms. The Morgan fingerprint density at radius 1 is 0.667 bits per heavy atom. The van der Waals surface area contributed by atoms with Crippen molar-refractivity contribution in [3.8, 4) is 39.9 Å². The zero-order valence-corrected chi connectivity index (χ0v) is 29.4. The molecule has 0 N–H and O–H groups in total. The fourth-order valence-electron chi connectivity index (χ4n) is 7.06. The maximum atomic E-state index is 6.52. The minimum Gasteiger partial charge on any atom is -0.489 e. The molecule has 0 unspecified atom stereocenters. The summed E-state index contributed by atoms with van der Waals surface area (Å²) in [5.41, 5.74) is 10.0. The lowest BCUT2D eigenvalue weighted by Crippen LogP contribution is -2.01. The quantitative estimate of drug-likeness (QED) is 0.146. The van der Waals surface area contributed by atoms with Crippen molar-refractivity contribution in [3.05, 3.63) is 162 Å². The second-order valence-electron chi connectivity index (χ2n) is 13.6. The fraction of sp³-hybridized carbons (Fsp3) is 0.156. The lowest BCUT2D eigenvalue weighted by molar-refractivity contribution is 0.306. The summed E-state index contributed by atoms with van der Waals surface area (Å²) >= 11 is 0. The maximum Gasteiger partial charge on any atom is 0.137 e. The molecule has 0 saturated heterocycles. The largest absolute Gasteiger partial charge is 0.489 e. The van der Waals surface area contributed by atoms with Crippen LogP contribution in [0.3, 0.4) is 0 Å². The highest BCUT2D eigenvalue weighted by Gasteiger charge is 2.16. The van der Waals surface area contributed by atoms with Gasteiger partial charge in [-0.05, 0) is 109 Å². The summed E-state index contributed by atoms with van der Waals surface area (Å²) in [7, 11) is 0. The van der Waals surface area contributed by atoms with Gasteiger partial charge in [-0.1, -0.05) is 68.4 Å². The predicted molar refractivity (Wildman–Crippen MR) is 206 cm³/mol. The van der Waals surface area contributed by atoms with Crippen molar-refractivity contribution in [2.75, 3.05) is 0 Å². The first-order chi connectivity index (χ1) is 24.9. The Kier molecular flexibility index (Phi) is 8.58. The monoisotopic (exact) mass is 668 g/mol. The topological polar surface area (TPSA) is 54.1 Å². The van der Waals surface area contributed by atoms with Gasteiger partial charge in [0.1, 0.15) is 29.7 Å². The first-order valence-corrected chi connectivity index (χ1v) is 17.5. The van der Waals surface area contributed by atoms with Gasteiger partial charge in [0.25, 0.3) is 0 Å². The van der Waals surface area contributed by atoms with Crippen LogP contribution in [-0.4, -0.2) is 19.3 Å². The first-order valence-electron chi connectivity index (χ1n) is 17.5. The van der Waals surface area contributed by atoms with Gasteiger partial charge in [-0.2, -0.15) is 5.10 Å². The van der Waals surface area contributed by atoms with Crippen molar-refractivity contribution < 1.29 is 9.47 Å². The van der Waals surface area contributed by atoms with Gasteiger partial charge in [0, 0.05) is 40.9 Å². The molecule has 8 aromatic rings. The fourth-order valence-corrected chi connectivity index (χ4v) is 7.06. The van der Waals surface area contributed by atoms with E-state index >= 15 is 0 Å². The molecule has 0 radical (unpaired) electrons. The van der Waals surface area contributed by atoms with E-state index in [1.807, 2.05) is 65.6 Å². The Balaban J connectivity index is 1.06. The van der Waals surface area contributed by atoms with Gasteiger partial charge in [-0.3, -0.25) is 4.57 Å². The molecule has 51 heavy (non-hydrogen) atoms. The predicted octanol–water partition coefficient (Wildman–Crippen LogP) is 11.2. The number of nitrogens with zero attached hydrogens (tertiary/aromatic N) is 4. The Labute approximate surface area is 298 Å². The third kappa shape index (κ3) is 6.61. The highest BCUT2D eigenvalue weighted by Crippen LogP contribution is 2.36.